The number of benzene rings is 1. The molecule has 1 rings (SSSR count). The molecule has 0 bridgehead atoms. The maximum absolute atomic E-state index is 11.5. The summed E-state index contributed by atoms with van der Waals surface area (Å²) in [6.07, 6.45) is 0. The fourth-order valence-electron chi connectivity index (χ4n) is 1.17. The molecule has 8 heteroatoms. The van der Waals surface area contributed by atoms with E-state index in [1.807, 2.05) is 0 Å². The fourth-order valence-corrected chi connectivity index (χ4v) is 1.74. The summed E-state index contributed by atoms with van der Waals surface area (Å²) in [6, 6.07) is 6.72. The first-order chi connectivity index (χ1) is 8.85. The second-order valence-corrected chi connectivity index (χ2v) is 5.85. The van der Waals surface area contributed by atoms with E-state index in [4.69, 9.17) is 4.74 Å². The van der Waals surface area contributed by atoms with Crippen molar-refractivity contribution in [2.75, 3.05) is 33.1 Å². The van der Waals surface area contributed by atoms with Crippen molar-refractivity contribution in [2.24, 2.45) is 0 Å². The minimum Gasteiger partial charge on any atom is -0.497 e. The number of methoxy groups -OCH3 is 1. The summed E-state index contributed by atoms with van der Waals surface area (Å²) in [5.41, 5.74) is 0.565. The van der Waals surface area contributed by atoms with Crippen LogP contribution in [0.25, 0.3) is 0 Å². The molecule has 0 saturated carbocycles. The highest BCUT2D eigenvalue weighted by Gasteiger charge is 2.14. The molecular weight excluding hydrogens is 270 g/mol. The number of hydrogen-bond donors (Lipinski definition) is 2. The molecule has 0 aliphatic heterocycles. The van der Waals surface area contributed by atoms with Crippen molar-refractivity contribution < 1.29 is 17.9 Å². The van der Waals surface area contributed by atoms with Crippen molar-refractivity contribution in [1.29, 1.82) is 0 Å². The van der Waals surface area contributed by atoms with Gasteiger partial charge in [0, 0.05) is 19.8 Å². The van der Waals surface area contributed by atoms with Crippen LogP contribution in [0.15, 0.2) is 24.3 Å². The van der Waals surface area contributed by atoms with E-state index >= 15 is 0 Å². The van der Waals surface area contributed by atoms with Crippen molar-refractivity contribution in [1.82, 2.24) is 9.03 Å². The summed E-state index contributed by atoms with van der Waals surface area (Å²) in [6.45, 7) is -0.327. The fraction of sp³-hybridized carbons (Fsp3) is 0.364. The SMILES string of the molecule is COc1ccc(NC(=O)CNS(=O)(=O)N(C)C)cc1. The topological polar surface area (TPSA) is 87.7 Å². The summed E-state index contributed by atoms with van der Waals surface area (Å²) in [7, 11) is 0.709. The molecule has 0 spiro atoms. The Kier molecular flexibility index (Phi) is 5.28. The van der Waals surface area contributed by atoms with E-state index < -0.39 is 16.1 Å². The van der Waals surface area contributed by atoms with Crippen molar-refractivity contribution in [3.05, 3.63) is 24.3 Å². The summed E-state index contributed by atoms with van der Waals surface area (Å²) in [5.74, 6) is 0.224. The number of hydrogen-bond acceptors (Lipinski definition) is 4. The van der Waals surface area contributed by atoms with Crippen molar-refractivity contribution in [3.63, 3.8) is 0 Å². The molecule has 7 nitrogen and oxygen atoms in total. The average molecular weight is 287 g/mol. The Bertz CT molecular complexity index is 525. The van der Waals surface area contributed by atoms with E-state index in [1.165, 1.54) is 14.1 Å². The number of nitrogens with one attached hydrogen (secondary N) is 2. The number of carbonyl (C=O) groups is 1. The maximum atomic E-state index is 11.5. The number of amides is 1. The number of anilines is 1. The molecule has 0 saturated heterocycles. The molecule has 0 aliphatic rings. The summed E-state index contributed by atoms with van der Waals surface area (Å²) >= 11 is 0. The van der Waals surface area contributed by atoms with Crippen LogP contribution in [0.1, 0.15) is 0 Å². The zero-order valence-electron chi connectivity index (χ0n) is 11.0. The van der Waals surface area contributed by atoms with Gasteiger partial charge in [0.2, 0.25) is 5.91 Å². The Morgan fingerprint density at radius 2 is 1.84 bits per heavy atom. The molecule has 2 N–H and O–H groups in total. The van der Waals surface area contributed by atoms with Gasteiger partial charge < -0.3 is 10.1 Å². The van der Waals surface area contributed by atoms with Crippen LogP contribution >= 0.6 is 0 Å². The zero-order chi connectivity index (χ0) is 14.5. The number of carbonyl (C=O) groups excluding carboxylic acids is 1. The molecule has 106 valence electrons. The van der Waals surface area contributed by atoms with E-state index in [2.05, 4.69) is 10.0 Å². The maximum Gasteiger partial charge on any atom is 0.279 e. The highest BCUT2D eigenvalue weighted by atomic mass is 32.2. The lowest BCUT2D eigenvalue weighted by atomic mass is 10.3. The van der Waals surface area contributed by atoms with Gasteiger partial charge in [-0.25, -0.2) is 0 Å². The largest absolute Gasteiger partial charge is 0.497 e. The third kappa shape index (κ3) is 4.86. The summed E-state index contributed by atoms with van der Waals surface area (Å²) in [4.78, 5) is 11.5. The van der Waals surface area contributed by atoms with Crippen LogP contribution < -0.4 is 14.8 Å². The molecule has 1 amide bonds. The normalized spacial score (nSPS) is 11.4. The van der Waals surface area contributed by atoms with Crippen LogP contribution in [-0.2, 0) is 15.0 Å². The van der Waals surface area contributed by atoms with Crippen molar-refractivity contribution in [3.8, 4) is 5.75 Å². The molecule has 19 heavy (non-hydrogen) atoms. The van der Waals surface area contributed by atoms with E-state index in [0.717, 1.165) is 4.31 Å². The minimum absolute atomic E-state index is 0.327. The molecule has 1 aromatic rings. The van der Waals surface area contributed by atoms with Gasteiger partial charge >= 0.3 is 0 Å². The van der Waals surface area contributed by atoms with Gasteiger partial charge in [-0.1, -0.05) is 0 Å². The van der Waals surface area contributed by atoms with Gasteiger partial charge in [0.1, 0.15) is 5.75 Å². The molecule has 0 aliphatic carbocycles. The van der Waals surface area contributed by atoms with Crippen LogP contribution in [0.5, 0.6) is 5.75 Å². The minimum atomic E-state index is -3.59. The van der Waals surface area contributed by atoms with Crippen LogP contribution in [0, 0.1) is 0 Å². The second kappa shape index (κ2) is 6.50. The van der Waals surface area contributed by atoms with E-state index in [-0.39, 0.29) is 6.54 Å². The molecule has 0 unspecified atom stereocenters. The van der Waals surface area contributed by atoms with Crippen LogP contribution in [0.2, 0.25) is 0 Å². The molecular formula is C11H17N3O4S. The molecule has 0 radical (unpaired) electrons. The Hall–Kier alpha value is -1.64. The van der Waals surface area contributed by atoms with Crippen molar-refractivity contribution in [2.45, 2.75) is 0 Å². The van der Waals surface area contributed by atoms with Gasteiger partial charge in [-0.3, -0.25) is 4.79 Å². The Morgan fingerprint density at radius 3 is 2.32 bits per heavy atom. The highest BCUT2D eigenvalue weighted by molar-refractivity contribution is 7.87. The smallest absolute Gasteiger partial charge is 0.279 e. The monoisotopic (exact) mass is 287 g/mol. The van der Waals surface area contributed by atoms with E-state index in [0.29, 0.717) is 11.4 Å². The average Bonchev–Trinajstić information content (AvgIpc) is 2.37. The van der Waals surface area contributed by atoms with Gasteiger partial charge in [-0.2, -0.15) is 17.4 Å². The lowest BCUT2D eigenvalue weighted by Gasteiger charge is -2.12. The van der Waals surface area contributed by atoms with Crippen molar-refractivity contribution >= 4 is 21.8 Å². The lowest BCUT2D eigenvalue weighted by Crippen LogP contribution is -2.40. The van der Waals surface area contributed by atoms with Gasteiger partial charge in [0.15, 0.2) is 0 Å². The number of ether oxygens (including phenoxy) is 1. The number of nitrogens with zero attached hydrogens (tertiary/aromatic N) is 1. The van der Waals surface area contributed by atoms with Crippen LogP contribution in [0.3, 0.4) is 0 Å². The molecule has 0 heterocycles. The van der Waals surface area contributed by atoms with Gasteiger partial charge in [-0.15, -0.1) is 0 Å². The third-order valence-corrected chi connectivity index (χ3v) is 3.74. The zero-order valence-corrected chi connectivity index (χ0v) is 11.8. The first-order valence-corrected chi connectivity index (χ1v) is 6.90. The second-order valence-electron chi connectivity index (χ2n) is 3.89. The molecule has 0 aromatic heterocycles. The van der Waals surface area contributed by atoms with Gasteiger partial charge in [0.25, 0.3) is 10.2 Å². The first kappa shape index (κ1) is 15.4. The molecule has 0 atom stereocenters. The first-order valence-electron chi connectivity index (χ1n) is 5.46. The Balaban J connectivity index is 2.51. The van der Waals surface area contributed by atoms with Crippen LogP contribution in [0.4, 0.5) is 5.69 Å². The Morgan fingerprint density at radius 1 is 1.26 bits per heavy atom. The van der Waals surface area contributed by atoms with E-state index in [1.54, 1.807) is 31.4 Å². The molecule has 1 aromatic carbocycles. The quantitative estimate of drug-likeness (QED) is 0.772. The number of rotatable bonds is 6. The van der Waals surface area contributed by atoms with Gasteiger partial charge in [0.05, 0.1) is 13.7 Å². The molecule has 0 fully saturated rings. The van der Waals surface area contributed by atoms with E-state index in [9.17, 15) is 13.2 Å². The predicted octanol–water partition coefficient (Wildman–Crippen LogP) is 0.0297. The standard InChI is InChI=1S/C11H17N3O4S/c1-14(2)19(16,17)12-8-11(15)13-9-4-6-10(18-3)7-5-9/h4-7,12H,8H2,1-3H3,(H,13,15). The Labute approximate surface area is 112 Å². The summed E-state index contributed by atoms with van der Waals surface area (Å²) < 4.78 is 30.9. The summed E-state index contributed by atoms with van der Waals surface area (Å²) in [5, 5.41) is 2.56. The van der Waals surface area contributed by atoms with Gasteiger partial charge in [-0.05, 0) is 24.3 Å². The predicted molar refractivity (Wildman–Crippen MR) is 72.2 cm³/mol. The van der Waals surface area contributed by atoms with Crippen LogP contribution in [-0.4, -0.2) is 46.4 Å². The lowest BCUT2D eigenvalue weighted by molar-refractivity contribution is -0.115. The third-order valence-electron chi connectivity index (χ3n) is 2.27. The highest BCUT2D eigenvalue weighted by Crippen LogP contribution is 2.14.